The summed E-state index contributed by atoms with van der Waals surface area (Å²) >= 11 is 7.70. The van der Waals surface area contributed by atoms with Crippen molar-refractivity contribution in [3.63, 3.8) is 0 Å². The van der Waals surface area contributed by atoms with Crippen molar-refractivity contribution in [2.24, 2.45) is 0 Å². The topological polar surface area (TPSA) is 28.2 Å². The fourth-order valence-electron chi connectivity index (χ4n) is 2.18. The Morgan fingerprint density at radius 1 is 1.29 bits per heavy atom. The maximum absolute atomic E-state index is 5.93. The quantitative estimate of drug-likeness (QED) is 0.860. The Kier molecular flexibility index (Phi) is 5.62. The predicted molar refractivity (Wildman–Crippen MR) is 92.5 cm³/mol. The SMILES string of the molecule is CNCc1sc(N(C)Cc2ccc(Cl)cc2)nc1C(C)C. The maximum atomic E-state index is 5.93. The smallest absolute Gasteiger partial charge is 0.185 e. The van der Waals surface area contributed by atoms with Crippen molar-refractivity contribution in [1.82, 2.24) is 10.3 Å². The molecule has 0 saturated heterocycles. The summed E-state index contributed by atoms with van der Waals surface area (Å²) in [5, 5.41) is 5.07. The van der Waals surface area contributed by atoms with Crippen LogP contribution in [0.3, 0.4) is 0 Å². The first-order valence-corrected chi connectivity index (χ1v) is 8.30. The van der Waals surface area contributed by atoms with Gasteiger partial charge in [0.15, 0.2) is 5.13 Å². The minimum Gasteiger partial charge on any atom is -0.347 e. The average molecular weight is 324 g/mol. The number of nitrogens with zero attached hydrogens (tertiary/aromatic N) is 2. The van der Waals surface area contributed by atoms with Crippen molar-refractivity contribution >= 4 is 28.1 Å². The highest BCUT2D eigenvalue weighted by Gasteiger charge is 2.16. The van der Waals surface area contributed by atoms with Crippen molar-refractivity contribution in [3.05, 3.63) is 45.4 Å². The third-order valence-electron chi connectivity index (χ3n) is 3.26. The Bertz CT molecular complexity index is 578. The summed E-state index contributed by atoms with van der Waals surface area (Å²) in [5.41, 5.74) is 2.44. The van der Waals surface area contributed by atoms with E-state index in [1.807, 2.05) is 19.2 Å². The Balaban J connectivity index is 2.16. The first-order valence-electron chi connectivity index (χ1n) is 7.11. The number of benzene rings is 1. The van der Waals surface area contributed by atoms with Gasteiger partial charge in [-0.15, -0.1) is 11.3 Å². The summed E-state index contributed by atoms with van der Waals surface area (Å²) in [6.07, 6.45) is 0. The van der Waals surface area contributed by atoms with Crippen LogP contribution in [0, 0.1) is 0 Å². The first-order chi connectivity index (χ1) is 10.0. The molecule has 1 aromatic carbocycles. The maximum Gasteiger partial charge on any atom is 0.185 e. The van der Waals surface area contributed by atoms with E-state index in [1.165, 1.54) is 16.1 Å². The van der Waals surface area contributed by atoms with E-state index in [1.54, 1.807) is 11.3 Å². The van der Waals surface area contributed by atoms with Gasteiger partial charge in [0.2, 0.25) is 0 Å². The van der Waals surface area contributed by atoms with Crippen molar-refractivity contribution < 1.29 is 0 Å². The van der Waals surface area contributed by atoms with Crippen molar-refractivity contribution in [3.8, 4) is 0 Å². The minimum atomic E-state index is 0.447. The Hall–Kier alpha value is -1.10. The average Bonchev–Trinajstić information content (AvgIpc) is 2.86. The van der Waals surface area contributed by atoms with Gasteiger partial charge in [-0.2, -0.15) is 0 Å². The van der Waals surface area contributed by atoms with E-state index in [0.717, 1.165) is 23.2 Å². The summed E-state index contributed by atoms with van der Waals surface area (Å²) in [6.45, 7) is 6.09. The summed E-state index contributed by atoms with van der Waals surface area (Å²) in [4.78, 5) is 8.34. The van der Waals surface area contributed by atoms with Gasteiger partial charge >= 0.3 is 0 Å². The summed E-state index contributed by atoms with van der Waals surface area (Å²) in [6, 6.07) is 7.98. The molecule has 0 fully saturated rings. The molecule has 1 N–H and O–H groups in total. The lowest BCUT2D eigenvalue weighted by Crippen LogP contribution is -2.16. The number of hydrogen-bond acceptors (Lipinski definition) is 4. The van der Waals surface area contributed by atoms with E-state index in [0.29, 0.717) is 5.92 Å². The molecule has 2 rings (SSSR count). The molecule has 0 aliphatic carbocycles. The Labute approximate surface area is 136 Å². The zero-order chi connectivity index (χ0) is 15.4. The molecule has 114 valence electrons. The van der Waals surface area contributed by atoms with Gasteiger partial charge in [-0.3, -0.25) is 0 Å². The largest absolute Gasteiger partial charge is 0.347 e. The van der Waals surface area contributed by atoms with E-state index < -0.39 is 0 Å². The monoisotopic (exact) mass is 323 g/mol. The van der Waals surface area contributed by atoms with Crippen LogP contribution in [0.4, 0.5) is 5.13 Å². The van der Waals surface area contributed by atoms with Gasteiger partial charge in [0.25, 0.3) is 0 Å². The lowest BCUT2D eigenvalue weighted by molar-refractivity contribution is 0.768. The molecule has 0 amide bonds. The predicted octanol–water partition coefficient (Wildman–Crippen LogP) is 4.28. The third-order valence-corrected chi connectivity index (χ3v) is 4.70. The van der Waals surface area contributed by atoms with E-state index >= 15 is 0 Å². The van der Waals surface area contributed by atoms with E-state index in [2.05, 4.69) is 43.2 Å². The van der Waals surface area contributed by atoms with Gasteiger partial charge in [-0.25, -0.2) is 4.98 Å². The number of aromatic nitrogens is 1. The Morgan fingerprint density at radius 3 is 2.52 bits per heavy atom. The molecule has 0 spiro atoms. The molecule has 0 atom stereocenters. The van der Waals surface area contributed by atoms with Gasteiger partial charge < -0.3 is 10.2 Å². The highest BCUT2D eigenvalue weighted by molar-refractivity contribution is 7.15. The summed E-state index contributed by atoms with van der Waals surface area (Å²) in [7, 11) is 4.06. The van der Waals surface area contributed by atoms with E-state index in [4.69, 9.17) is 16.6 Å². The number of rotatable bonds is 6. The molecule has 0 unspecified atom stereocenters. The van der Waals surface area contributed by atoms with Gasteiger partial charge in [0.05, 0.1) is 5.69 Å². The lowest BCUT2D eigenvalue weighted by Gasteiger charge is -2.15. The molecule has 0 saturated carbocycles. The Morgan fingerprint density at radius 2 is 1.95 bits per heavy atom. The summed E-state index contributed by atoms with van der Waals surface area (Å²) < 4.78 is 0. The van der Waals surface area contributed by atoms with Crippen molar-refractivity contribution in [2.75, 3.05) is 19.0 Å². The molecule has 5 heteroatoms. The van der Waals surface area contributed by atoms with Gasteiger partial charge in [-0.1, -0.05) is 37.6 Å². The highest BCUT2D eigenvalue weighted by Crippen LogP contribution is 2.30. The fraction of sp³-hybridized carbons (Fsp3) is 0.438. The molecule has 0 aliphatic rings. The molecular formula is C16H22ClN3S. The standard InChI is InChI=1S/C16H22ClN3S/c1-11(2)15-14(9-18-3)21-16(19-15)20(4)10-12-5-7-13(17)8-6-12/h5-8,11,18H,9-10H2,1-4H3. The molecule has 0 aliphatic heterocycles. The van der Waals surface area contributed by atoms with Crippen LogP contribution in [0.2, 0.25) is 5.02 Å². The number of halogens is 1. The van der Waals surface area contributed by atoms with Crippen LogP contribution >= 0.6 is 22.9 Å². The van der Waals surface area contributed by atoms with Crippen molar-refractivity contribution in [2.45, 2.75) is 32.9 Å². The fourth-order valence-corrected chi connectivity index (χ4v) is 3.50. The molecule has 21 heavy (non-hydrogen) atoms. The van der Waals surface area contributed by atoms with E-state index in [-0.39, 0.29) is 0 Å². The number of nitrogens with one attached hydrogen (secondary N) is 1. The molecule has 1 heterocycles. The molecule has 2 aromatic rings. The molecule has 0 bridgehead atoms. The molecule has 0 radical (unpaired) electrons. The first kappa shape index (κ1) is 16.3. The second kappa shape index (κ2) is 7.25. The lowest BCUT2D eigenvalue weighted by atomic mass is 10.1. The van der Waals surface area contributed by atoms with Gasteiger partial charge in [0.1, 0.15) is 0 Å². The molecular weight excluding hydrogens is 302 g/mol. The number of thiazole rings is 1. The zero-order valence-electron chi connectivity index (χ0n) is 13.0. The second-order valence-electron chi connectivity index (χ2n) is 5.47. The highest BCUT2D eigenvalue weighted by atomic mass is 35.5. The molecule has 1 aromatic heterocycles. The van der Waals surface area contributed by atoms with Crippen LogP contribution in [0.15, 0.2) is 24.3 Å². The summed E-state index contributed by atoms with van der Waals surface area (Å²) in [5.74, 6) is 0.447. The van der Waals surface area contributed by atoms with Crippen LogP contribution in [-0.4, -0.2) is 19.1 Å². The van der Waals surface area contributed by atoms with Crippen LogP contribution in [-0.2, 0) is 13.1 Å². The number of hydrogen-bond donors (Lipinski definition) is 1. The van der Waals surface area contributed by atoms with E-state index in [9.17, 15) is 0 Å². The third kappa shape index (κ3) is 4.19. The molecule has 3 nitrogen and oxygen atoms in total. The second-order valence-corrected chi connectivity index (χ2v) is 6.97. The normalized spacial score (nSPS) is 11.1. The van der Waals surface area contributed by atoms with Gasteiger partial charge in [0, 0.05) is 30.0 Å². The van der Waals surface area contributed by atoms with Crippen LogP contribution in [0.25, 0.3) is 0 Å². The van der Waals surface area contributed by atoms with Crippen LogP contribution in [0.5, 0.6) is 0 Å². The van der Waals surface area contributed by atoms with Gasteiger partial charge in [-0.05, 0) is 30.7 Å². The minimum absolute atomic E-state index is 0.447. The van der Waals surface area contributed by atoms with Crippen LogP contribution in [0.1, 0.15) is 35.9 Å². The number of anilines is 1. The van der Waals surface area contributed by atoms with Crippen LogP contribution < -0.4 is 10.2 Å². The van der Waals surface area contributed by atoms with Crippen molar-refractivity contribution in [1.29, 1.82) is 0 Å². The zero-order valence-corrected chi connectivity index (χ0v) is 14.6.